The number of rotatable bonds is 7. The smallest absolute Gasteiger partial charge is 0.407 e. The number of aliphatic carboxylic acids is 1. The Balaban J connectivity index is 1.22. The van der Waals surface area contributed by atoms with Crippen LogP contribution in [-0.4, -0.2) is 41.8 Å². The third-order valence-electron chi connectivity index (χ3n) is 7.74. The second-order valence-electron chi connectivity index (χ2n) is 9.67. The number of alkyl carbamates (subject to hydrolysis) is 1. The van der Waals surface area contributed by atoms with E-state index >= 15 is 0 Å². The molecule has 0 bridgehead atoms. The van der Waals surface area contributed by atoms with Crippen LogP contribution in [0.5, 0.6) is 0 Å². The van der Waals surface area contributed by atoms with Gasteiger partial charge in [-0.3, -0.25) is 9.59 Å². The Morgan fingerprint density at radius 3 is 2.29 bits per heavy atom. The van der Waals surface area contributed by atoms with Gasteiger partial charge in [-0.25, -0.2) is 4.79 Å². The minimum Gasteiger partial charge on any atom is -0.481 e. The van der Waals surface area contributed by atoms with E-state index in [2.05, 4.69) is 22.8 Å². The molecule has 0 heterocycles. The van der Waals surface area contributed by atoms with Crippen molar-refractivity contribution < 1.29 is 24.2 Å². The number of carboxylic acids is 1. The van der Waals surface area contributed by atoms with Crippen molar-refractivity contribution in [3.63, 3.8) is 0 Å². The van der Waals surface area contributed by atoms with Crippen molar-refractivity contribution in [2.24, 2.45) is 11.8 Å². The molecule has 3 N–H and O–H groups in total. The highest BCUT2D eigenvalue weighted by Crippen LogP contribution is 2.45. The minimum atomic E-state index is -1.17. The van der Waals surface area contributed by atoms with Crippen molar-refractivity contribution in [3.05, 3.63) is 59.7 Å². The van der Waals surface area contributed by atoms with Crippen LogP contribution in [0.4, 0.5) is 4.79 Å². The summed E-state index contributed by atoms with van der Waals surface area (Å²) >= 11 is 0. The molecule has 2 amide bonds. The van der Waals surface area contributed by atoms with E-state index in [1.165, 1.54) is 12.8 Å². The molecule has 178 valence electrons. The summed E-state index contributed by atoms with van der Waals surface area (Å²) in [5.74, 6) is -0.595. The lowest BCUT2D eigenvalue weighted by Crippen LogP contribution is -2.51. The highest BCUT2D eigenvalue weighted by Gasteiger charge is 2.40. The van der Waals surface area contributed by atoms with Gasteiger partial charge in [-0.05, 0) is 53.4 Å². The van der Waals surface area contributed by atoms with Crippen molar-refractivity contribution in [2.45, 2.75) is 56.5 Å². The zero-order valence-corrected chi connectivity index (χ0v) is 19.0. The highest BCUT2D eigenvalue weighted by molar-refractivity contribution is 5.89. The maximum Gasteiger partial charge on any atom is 0.407 e. The second-order valence-corrected chi connectivity index (χ2v) is 9.67. The Hall–Kier alpha value is -3.35. The summed E-state index contributed by atoms with van der Waals surface area (Å²) in [5.41, 5.74) is 4.42. The van der Waals surface area contributed by atoms with Crippen molar-refractivity contribution in [1.29, 1.82) is 0 Å². The number of hydrogen-bond acceptors (Lipinski definition) is 4. The van der Waals surface area contributed by atoms with Gasteiger partial charge in [-0.1, -0.05) is 61.4 Å². The summed E-state index contributed by atoms with van der Waals surface area (Å²) in [6.07, 6.45) is 4.21. The van der Waals surface area contributed by atoms with Gasteiger partial charge in [0.25, 0.3) is 0 Å². The van der Waals surface area contributed by atoms with Gasteiger partial charge in [0.15, 0.2) is 0 Å². The molecule has 7 nitrogen and oxygen atoms in total. The van der Waals surface area contributed by atoms with Gasteiger partial charge in [0, 0.05) is 12.0 Å². The second kappa shape index (κ2) is 9.49. The maximum absolute atomic E-state index is 12.9. The monoisotopic (exact) mass is 462 g/mol. The first-order chi connectivity index (χ1) is 16.5. The Kier molecular flexibility index (Phi) is 6.26. The summed E-state index contributed by atoms with van der Waals surface area (Å²) in [6.45, 7) is 0.105. The first-order valence-corrected chi connectivity index (χ1v) is 12.1. The van der Waals surface area contributed by atoms with E-state index in [9.17, 15) is 19.5 Å². The highest BCUT2D eigenvalue weighted by atomic mass is 16.5. The number of ether oxygens (including phenoxy) is 1. The summed E-state index contributed by atoms with van der Waals surface area (Å²) in [7, 11) is 0. The largest absolute Gasteiger partial charge is 0.481 e. The molecule has 3 aliphatic rings. The molecule has 34 heavy (non-hydrogen) atoms. The third-order valence-corrected chi connectivity index (χ3v) is 7.74. The molecule has 2 saturated carbocycles. The van der Waals surface area contributed by atoms with Crippen LogP contribution in [0.1, 0.15) is 55.6 Å². The topological polar surface area (TPSA) is 105 Å². The molecule has 7 heteroatoms. The van der Waals surface area contributed by atoms with Gasteiger partial charge in [0.2, 0.25) is 5.91 Å². The van der Waals surface area contributed by atoms with Crippen LogP contribution in [0.25, 0.3) is 11.1 Å². The van der Waals surface area contributed by atoms with Gasteiger partial charge < -0.3 is 20.5 Å². The van der Waals surface area contributed by atoms with Crippen LogP contribution in [0, 0.1) is 11.8 Å². The number of carbonyl (C=O) groups excluding carboxylic acids is 2. The van der Waals surface area contributed by atoms with Gasteiger partial charge in [-0.2, -0.15) is 0 Å². The predicted octanol–water partition coefficient (Wildman–Crippen LogP) is 4.06. The third kappa shape index (κ3) is 4.39. The quantitative estimate of drug-likeness (QED) is 0.576. The fraction of sp³-hybridized carbons (Fsp3) is 0.444. The Labute approximate surface area is 198 Å². The van der Waals surface area contributed by atoms with Crippen LogP contribution in [-0.2, 0) is 14.3 Å². The number of nitrogens with one attached hydrogen (secondary N) is 2. The molecule has 4 atom stereocenters. The van der Waals surface area contributed by atoms with E-state index in [1.54, 1.807) is 0 Å². The number of benzene rings is 2. The van der Waals surface area contributed by atoms with Crippen LogP contribution in [0.3, 0.4) is 0 Å². The van der Waals surface area contributed by atoms with Crippen LogP contribution in [0.2, 0.25) is 0 Å². The fourth-order valence-electron chi connectivity index (χ4n) is 6.19. The van der Waals surface area contributed by atoms with Crippen LogP contribution in [0.15, 0.2) is 48.5 Å². The number of hydrogen-bond donors (Lipinski definition) is 3. The molecule has 4 unspecified atom stereocenters. The lowest BCUT2D eigenvalue weighted by molar-refractivity contribution is -0.140. The number of amides is 2. The predicted molar refractivity (Wildman–Crippen MR) is 126 cm³/mol. The fourth-order valence-corrected chi connectivity index (χ4v) is 6.19. The molecule has 0 aliphatic heterocycles. The zero-order chi connectivity index (χ0) is 23.7. The number of carboxylic acid groups (broad SMARTS) is 1. The van der Waals surface area contributed by atoms with Crippen molar-refractivity contribution in [2.75, 3.05) is 6.61 Å². The zero-order valence-electron chi connectivity index (χ0n) is 19.0. The maximum atomic E-state index is 12.9. The molecular formula is C27H30N2O5. The molecular weight excluding hydrogens is 432 g/mol. The van der Waals surface area contributed by atoms with E-state index < -0.39 is 30.4 Å². The lowest BCUT2D eigenvalue weighted by Gasteiger charge is -2.24. The first kappa shape index (κ1) is 22.4. The van der Waals surface area contributed by atoms with E-state index in [0.29, 0.717) is 11.8 Å². The Morgan fingerprint density at radius 2 is 1.62 bits per heavy atom. The average Bonchev–Trinajstić information content (AvgIpc) is 3.52. The molecule has 5 rings (SSSR count). The SMILES string of the molecule is O=C(O)CC(NC(=O)OCC1c2ccccc2-c2ccccc21)C(=O)NC1CCC2CCCC21. The summed E-state index contributed by atoms with van der Waals surface area (Å²) in [4.78, 5) is 36.9. The van der Waals surface area contributed by atoms with Gasteiger partial charge in [0.1, 0.15) is 12.6 Å². The summed E-state index contributed by atoms with van der Waals surface area (Å²) in [5, 5.41) is 14.8. The Bertz CT molecular complexity index is 1050. The van der Waals surface area contributed by atoms with Gasteiger partial charge >= 0.3 is 12.1 Å². The molecule has 0 radical (unpaired) electrons. The summed E-state index contributed by atoms with van der Waals surface area (Å²) in [6, 6.07) is 14.9. The van der Waals surface area contributed by atoms with Crippen LogP contribution >= 0.6 is 0 Å². The summed E-state index contributed by atoms with van der Waals surface area (Å²) < 4.78 is 5.52. The van der Waals surface area contributed by atoms with E-state index in [-0.39, 0.29) is 18.6 Å². The van der Waals surface area contributed by atoms with Crippen molar-refractivity contribution in [3.8, 4) is 11.1 Å². The molecule has 2 aromatic carbocycles. The molecule has 2 aromatic rings. The minimum absolute atomic E-state index is 0.0561. The first-order valence-electron chi connectivity index (χ1n) is 12.1. The van der Waals surface area contributed by atoms with E-state index in [1.807, 2.05) is 36.4 Å². The Morgan fingerprint density at radius 1 is 0.941 bits per heavy atom. The van der Waals surface area contributed by atoms with Gasteiger partial charge in [0.05, 0.1) is 6.42 Å². The van der Waals surface area contributed by atoms with Crippen LogP contribution < -0.4 is 10.6 Å². The van der Waals surface area contributed by atoms with Crippen molar-refractivity contribution in [1.82, 2.24) is 10.6 Å². The molecule has 2 fully saturated rings. The van der Waals surface area contributed by atoms with Gasteiger partial charge in [-0.15, -0.1) is 0 Å². The lowest BCUT2D eigenvalue weighted by atomic mass is 9.97. The molecule has 0 spiro atoms. The standard InChI is InChI=1S/C27H30N2O5/c30-25(31)14-24(26(32)28-23-13-12-16-6-5-11-17(16)23)29-27(33)34-15-22-20-9-3-1-7-18(20)19-8-2-4-10-21(19)22/h1-4,7-10,16-17,22-24H,5-6,11-15H2,(H,28,32)(H,29,33)(H,30,31). The van der Waals surface area contributed by atoms with E-state index in [4.69, 9.17) is 4.74 Å². The molecule has 0 saturated heterocycles. The number of fused-ring (bicyclic) bond motifs is 4. The molecule has 3 aliphatic carbocycles. The normalized spacial score (nSPS) is 23.5. The average molecular weight is 463 g/mol. The van der Waals surface area contributed by atoms with Crippen molar-refractivity contribution >= 4 is 18.0 Å². The van der Waals surface area contributed by atoms with E-state index in [0.717, 1.165) is 41.5 Å². The molecule has 0 aromatic heterocycles. The number of carbonyl (C=O) groups is 3.